The maximum Gasteiger partial charge on any atom is 0.230 e. The Balaban J connectivity index is 2.09. The Morgan fingerprint density at radius 1 is 1.40 bits per heavy atom. The van der Waals surface area contributed by atoms with Gasteiger partial charge in [0, 0.05) is 19.2 Å². The van der Waals surface area contributed by atoms with Crippen LogP contribution < -0.4 is 10.6 Å². The zero-order valence-electron chi connectivity index (χ0n) is 7.89. The number of carbonyl (C=O) groups is 1. The zero-order chi connectivity index (χ0) is 10.8. The minimum atomic E-state index is -0.628. The van der Waals surface area contributed by atoms with Gasteiger partial charge in [-0.05, 0) is 12.1 Å². The van der Waals surface area contributed by atoms with Gasteiger partial charge in [0.1, 0.15) is 11.6 Å². The van der Waals surface area contributed by atoms with Gasteiger partial charge < -0.3 is 10.6 Å². The molecule has 1 aliphatic heterocycles. The normalized spacial score (nSPS) is 15.9. The first-order valence-electron chi connectivity index (χ1n) is 4.63. The van der Waals surface area contributed by atoms with Crippen LogP contribution in [0.5, 0.6) is 0 Å². The van der Waals surface area contributed by atoms with E-state index in [0.29, 0.717) is 13.1 Å². The molecular weight excluding hydrogens is 202 g/mol. The second-order valence-electron chi connectivity index (χ2n) is 3.47. The predicted octanol–water partition coefficient (Wildman–Crippen LogP) is 1.12. The molecule has 80 valence electrons. The molecule has 0 bridgehead atoms. The number of carbonyl (C=O) groups excluding carboxylic acids is 1. The molecule has 1 fully saturated rings. The standard InChI is InChI=1S/C10H10F2N2O/c11-7-1-2-8(12)9(3-7)14-10(15)6-4-13-5-6/h1-3,6,13H,4-5H2,(H,14,15). The van der Waals surface area contributed by atoms with Crippen LogP contribution in [-0.2, 0) is 4.79 Å². The fourth-order valence-corrected chi connectivity index (χ4v) is 1.30. The van der Waals surface area contributed by atoms with Crippen LogP contribution in [0.3, 0.4) is 0 Å². The molecule has 1 aromatic rings. The van der Waals surface area contributed by atoms with Gasteiger partial charge in [0.05, 0.1) is 11.6 Å². The number of halogens is 2. The lowest BCUT2D eigenvalue weighted by molar-refractivity contribution is -0.121. The minimum absolute atomic E-state index is 0.105. The summed E-state index contributed by atoms with van der Waals surface area (Å²) in [5.74, 6) is -1.62. The third-order valence-corrected chi connectivity index (χ3v) is 2.34. The highest BCUT2D eigenvalue weighted by Crippen LogP contribution is 2.16. The average molecular weight is 212 g/mol. The van der Waals surface area contributed by atoms with E-state index in [1.807, 2.05) is 0 Å². The summed E-state index contributed by atoms with van der Waals surface area (Å²) < 4.78 is 25.9. The monoisotopic (exact) mass is 212 g/mol. The number of benzene rings is 1. The van der Waals surface area contributed by atoms with Crippen LogP contribution in [0.2, 0.25) is 0 Å². The molecule has 0 radical (unpaired) electrons. The Hall–Kier alpha value is -1.49. The van der Waals surface area contributed by atoms with Gasteiger partial charge in [0.25, 0.3) is 0 Å². The molecule has 0 aliphatic carbocycles. The molecule has 0 unspecified atom stereocenters. The van der Waals surface area contributed by atoms with Crippen molar-refractivity contribution >= 4 is 11.6 Å². The van der Waals surface area contributed by atoms with E-state index in [1.54, 1.807) is 0 Å². The highest BCUT2D eigenvalue weighted by atomic mass is 19.1. The molecule has 0 spiro atoms. The SMILES string of the molecule is O=C(Nc1cc(F)ccc1F)C1CNC1. The fraction of sp³-hybridized carbons (Fsp3) is 0.300. The topological polar surface area (TPSA) is 41.1 Å². The van der Waals surface area contributed by atoms with Crippen LogP contribution >= 0.6 is 0 Å². The van der Waals surface area contributed by atoms with Crippen molar-refractivity contribution in [2.24, 2.45) is 5.92 Å². The lowest BCUT2D eigenvalue weighted by Gasteiger charge is -2.25. The smallest absolute Gasteiger partial charge is 0.230 e. The minimum Gasteiger partial charge on any atom is -0.323 e. The van der Waals surface area contributed by atoms with Crippen molar-refractivity contribution in [2.75, 3.05) is 18.4 Å². The van der Waals surface area contributed by atoms with E-state index in [2.05, 4.69) is 10.6 Å². The Bertz CT molecular complexity index is 391. The zero-order valence-corrected chi connectivity index (χ0v) is 7.89. The molecule has 15 heavy (non-hydrogen) atoms. The van der Waals surface area contributed by atoms with Crippen molar-refractivity contribution in [1.29, 1.82) is 0 Å². The number of hydrogen-bond donors (Lipinski definition) is 2. The Morgan fingerprint density at radius 2 is 2.13 bits per heavy atom. The summed E-state index contributed by atoms with van der Waals surface area (Å²) >= 11 is 0. The summed E-state index contributed by atoms with van der Waals surface area (Å²) in [6, 6.07) is 2.97. The van der Waals surface area contributed by atoms with Crippen molar-refractivity contribution < 1.29 is 13.6 Å². The highest BCUT2D eigenvalue weighted by molar-refractivity contribution is 5.93. The van der Waals surface area contributed by atoms with E-state index in [-0.39, 0.29) is 17.5 Å². The van der Waals surface area contributed by atoms with Crippen molar-refractivity contribution in [3.05, 3.63) is 29.8 Å². The number of amides is 1. The molecule has 0 atom stereocenters. The summed E-state index contributed by atoms with van der Waals surface area (Å²) in [5, 5.41) is 5.28. The largest absolute Gasteiger partial charge is 0.323 e. The van der Waals surface area contributed by atoms with Crippen LogP contribution in [-0.4, -0.2) is 19.0 Å². The average Bonchev–Trinajstić information content (AvgIpc) is 2.08. The second-order valence-corrected chi connectivity index (χ2v) is 3.47. The van der Waals surface area contributed by atoms with Crippen molar-refractivity contribution in [1.82, 2.24) is 5.32 Å². The predicted molar refractivity (Wildman–Crippen MR) is 51.3 cm³/mol. The van der Waals surface area contributed by atoms with Crippen LogP contribution in [0.4, 0.5) is 14.5 Å². The van der Waals surface area contributed by atoms with E-state index in [9.17, 15) is 13.6 Å². The number of rotatable bonds is 2. The molecule has 1 aromatic carbocycles. The first-order valence-corrected chi connectivity index (χ1v) is 4.63. The molecule has 1 aliphatic rings. The van der Waals surface area contributed by atoms with E-state index >= 15 is 0 Å². The van der Waals surface area contributed by atoms with Gasteiger partial charge in [-0.2, -0.15) is 0 Å². The van der Waals surface area contributed by atoms with Crippen LogP contribution in [0.25, 0.3) is 0 Å². The summed E-state index contributed by atoms with van der Waals surface area (Å²) in [5.41, 5.74) is -0.105. The maximum atomic E-state index is 13.1. The van der Waals surface area contributed by atoms with Crippen molar-refractivity contribution in [2.45, 2.75) is 0 Å². The van der Waals surface area contributed by atoms with Crippen LogP contribution in [0.15, 0.2) is 18.2 Å². The lowest BCUT2D eigenvalue weighted by atomic mass is 10.0. The van der Waals surface area contributed by atoms with Crippen molar-refractivity contribution in [3.8, 4) is 0 Å². The van der Waals surface area contributed by atoms with Gasteiger partial charge in [0.15, 0.2) is 0 Å². The molecular formula is C10H10F2N2O. The molecule has 2 N–H and O–H groups in total. The number of anilines is 1. The summed E-state index contributed by atoms with van der Waals surface area (Å²) in [6.45, 7) is 1.17. The Labute approximate surface area is 85.5 Å². The highest BCUT2D eigenvalue weighted by Gasteiger charge is 2.25. The molecule has 1 heterocycles. The Kier molecular flexibility index (Phi) is 2.64. The summed E-state index contributed by atoms with van der Waals surface area (Å²) in [7, 11) is 0. The molecule has 0 aromatic heterocycles. The quantitative estimate of drug-likeness (QED) is 0.771. The van der Waals surface area contributed by atoms with Crippen LogP contribution in [0.1, 0.15) is 0 Å². The van der Waals surface area contributed by atoms with E-state index in [0.717, 1.165) is 18.2 Å². The molecule has 0 saturated carbocycles. The van der Waals surface area contributed by atoms with Gasteiger partial charge in [-0.15, -0.1) is 0 Å². The third-order valence-electron chi connectivity index (χ3n) is 2.34. The summed E-state index contributed by atoms with van der Waals surface area (Å²) in [6.07, 6.45) is 0. The fourth-order valence-electron chi connectivity index (χ4n) is 1.30. The number of hydrogen-bond acceptors (Lipinski definition) is 2. The molecule has 1 amide bonds. The molecule has 2 rings (SSSR count). The van der Waals surface area contributed by atoms with Crippen molar-refractivity contribution in [3.63, 3.8) is 0 Å². The molecule has 1 saturated heterocycles. The van der Waals surface area contributed by atoms with Gasteiger partial charge in [0.2, 0.25) is 5.91 Å². The van der Waals surface area contributed by atoms with E-state index in [4.69, 9.17) is 0 Å². The van der Waals surface area contributed by atoms with E-state index < -0.39 is 11.6 Å². The third kappa shape index (κ3) is 2.12. The van der Waals surface area contributed by atoms with Gasteiger partial charge in [-0.3, -0.25) is 4.79 Å². The van der Waals surface area contributed by atoms with Gasteiger partial charge in [-0.1, -0.05) is 0 Å². The molecule has 3 nitrogen and oxygen atoms in total. The maximum absolute atomic E-state index is 13.1. The van der Waals surface area contributed by atoms with Gasteiger partial charge in [-0.25, -0.2) is 8.78 Å². The first-order chi connectivity index (χ1) is 7.16. The van der Waals surface area contributed by atoms with Crippen LogP contribution in [0, 0.1) is 17.6 Å². The number of nitrogens with one attached hydrogen (secondary N) is 2. The van der Waals surface area contributed by atoms with E-state index in [1.165, 1.54) is 0 Å². The molecule has 5 heteroatoms. The second kappa shape index (κ2) is 3.94. The first kappa shape index (κ1) is 10.0. The Morgan fingerprint density at radius 3 is 2.73 bits per heavy atom. The summed E-state index contributed by atoms with van der Waals surface area (Å²) in [4.78, 5) is 11.4. The lowest BCUT2D eigenvalue weighted by Crippen LogP contribution is -2.48. The van der Waals surface area contributed by atoms with Gasteiger partial charge >= 0.3 is 0 Å².